The number of aromatic amines is 1. The molecule has 0 atom stereocenters. The van der Waals surface area contributed by atoms with Gasteiger partial charge in [0.05, 0.1) is 7.11 Å². The zero-order chi connectivity index (χ0) is 20.4. The van der Waals surface area contributed by atoms with Crippen LogP contribution in [0.2, 0.25) is 0 Å². The molecule has 2 aromatic heterocycles. The highest BCUT2D eigenvalue weighted by atomic mass is 32.1. The molecule has 1 aliphatic heterocycles. The molecule has 0 amide bonds. The van der Waals surface area contributed by atoms with Gasteiger partial charge in [0.15, 0.2) is 0 Å². The third-order valence-electron chi connectivity index (χ3n) is 5.85. The van der Waals surface area contributed by atoms with Gasteiger partial charge in [0, 0.05) is 30.1 Å². The minimum atomic E-state index is -0.105. The Labute approximate surface area is 174 Å². The lowest BCUT2D eigenvalue weighted by atomic mass is 9.94. The quantitative estimate of drug-likeness (QED) is 0.691. The van der Waals surface area contributed by atoms with Crippen LogP contribution in [0.5, 0.6) is 5.75 Å². The maximum absolute atomic E-state index is 12.1. The van der Waals surface area contributed by atoms with Crippen LogP contribution in [0.15, 0.2) is 34.6 Å². The monoisotopic (exact) mass is 410 g/mol. The summed E-state index contributed by atoms with van der Waals surface area (Å²) in [6.07, 6.45) is 3.71. The maximum atomic E-state index is 12.1. The van der Waals surface area contributed by atoms with Crippen LogP contribution in [-0.4, -0.2) is 40.1 Å². The smallest absolute Gasteiger partial charge is 0.251 e. The topological polar surface area (TPSA) is 71.1 Å². The fourth-order valence-corrected chi connectivity index (χ4v) is 4.58. The zero-order valence-corrected chi connectivity index (χ0v) is 17.9. The van der Waals surface area contributed by atoms with E-state index in [2.05, 4.69) is 40.8 Å². The molecule has 0 radical (unpaired) electrons. The molecule has 6 nitrogen and oxygen atoms in total. The van der Waals surface area contributed by atoms with Gasteiger partial charge in [0.2, 0.25) is 0 Å². The summed E-state index contributed by atoms with van der Waals surface area (Å²) in [5, 5.41) is 2.69. The third-order valence-corrected chi connectivity index (χ3v) is 6.64. The standard InChI is InChI=1S/C22H26N4O2S/c1-14-15(2)19(28-3)5-4-17(14)13-26-9-6-16(7-10-26)21-24-18(12-20(27)25-21)22-23-8-11-29-22/h4-5,8,11-12,16H,6-7,9-10,13H2,1-3H3,(H,24,25,27). The van der Waals surface area contributed by atoms with Crippen molar-refractivity contribution >= 4 is 11.3 Å². The molecular formula is C22H26N4O2S. The Kier molecular flexibility index (Phi) is 5.78. The van der Waals surface area contributed by atoms with Crippen LogP contribution in [0.1, 0.15) is 41.3 Å². The van der Waals surface area contributed by atoms with E-state index in [1.807, 2.05) is 5.38 Å². The Balaban J connectivity index is 1.44. The van der Waals surface area contributed by atoms with Crippen LogP contribution in [0.25, 0.3) is 10.7 Å². The largest absolute Gasteiger partial charge is 0.496 e. The van der Waals surface area contributed by atoms with Gasteiger partial charge in [-0.2, -0.15) is 0 Å². The number of hydrogen-bond acceptors (Lipinski definition) is 6. The summed E-state index contributed by atoms with van der Waals surface area (Å²) < 4.78 is 5.43. The summed E-state index contributed by atoms with van der Waals surface area (Å²) in [5.41, 5.74) is 4.42. The van der Waals surface area contributed by atoms with Gasteiger partial charge in [-0.05, 0) is 62.5 Å². The van der Waals surface area contributed by atoms with Crippen LogP contribution < -0.4 is 10.3 Å². The molecule has 3 heterocycles. The van der Waals surface area contributed by atoms with Gasteiger partial charge < -0.3 is 9.72 Å². The zero-order valence-electron chi connectivity index (χ0n) is 17.1. The predicted octanol–water partition coefficient (Wildman–Crippen LogP) is 3.90. The molecule has 1 fully saturated rings. The van der Waals surface area contributed by atoms with Crippen molar-refractivity contribution in [2.24, 2.45) is 0 Å². The number of nitrogens with one attached hydrogen (secondary N) is 1. The van der Waals surface area contributed by atoms with Crippen molar-refractivity contribution in [1.29, 1.82) is 0 Å². The van der Waals surface area contributed by atoms with E-state index >= 15 is 0 Å². The normalized spacial score (nSPS) is 15.6. The van der Waals surface area contributed by atoms with Gasteiger partial charge in [-0.25, -0.2) is 9.97 Å². The van der Waals surface area contributed by atoms with E-state index < -0.39 is 0 Å². The van der Waals surface area contributed by atoms with E-state index in [-0.39, 0.29) is 11.5 Å². The first-order chi connectivity index (χ1) is 14.0. The molecule has 0 aliphatic carbocycles. The Morgan fingerprint density at radius 3 is 2.72 bits per heavy atom. The number of likely N-dealkylation sites (tertiary alicyclic amines) is 1. The van der Waals surface area contributed by atoms with Gasteiger partial charge in [0.25, 0.3) is 5.56 Å². The number of nitrogens with zero attached hydrogens (tertiary/aromatic N) is 3. The molecule has 0 saturated carbocycles. The SMILES string of the molecule is COc1ccc(CN2CCC(c3nc(-c4nccs4)cc(=O)[nH]3)CC2)c(C)c1C. The van der Waals surface area contributed by atoms with Crippen LogP contribution in [0.4, 0.5) is 0 Å². The number of ether oxygens (including phenoxy) is 1. The van der Waals surface area contributed by atoms with E-state index in [0.717, 1.165) is 49.1 Å². The first-order valence-corrected chi connectivity index (χ1v) is 10.8. The molecule has 1 N–H and O–H groups in total. The average Bonchev–Trinajstić information content (AvgIpc) is 3.27. The second kappa shape index (κ2) is 8.47. The summed E-state index contributed by atoms with van der Waals surface area (Å²) in [6.45, 7) is 7.19. The Bertz CT molecular complexity index is 1040. The van der Waals surface area contributed by atoms with Crippen molar-refractivity contribution in [2.45, 2.75) is 39.2 Å². The van der Waals surface area contributed by atoms with Crippen LogP contribution in [-0.2, 0) is 6.54 Å². The molecule has 1 aromatic carbocycles. The molecule has 29 heavy (non-hydrogen) atoms. The first kappa shape index (κ1) is 19.8. The number of methoxy groups -OCH3 is 1. The van der Waals surface area contributed by atoms with Crippen molar-refractivity contribution < 1.29 is 4.74 Å². The molecule has 0 spiro atoms. The third kappa shape index (κ3) is 4.26. The molecule has 7 heteroatoms. The Morgan fingerprint density at radius 2 is 2.03 bits per heavy atom. The number of H-pyrrole nitrogens is 1. The number of thiazole rings is 1. The minimum absolute atomic E-state index is 0.105. The minimum Gasteiger partial charge on any atom is -0.496 e. The van der Waals surface area contributed by atoms with E-state index in [4.69, 9.17) is 9.72 Å². The summed E-state index contributed by atoms with van der Waals surface area (Å²) in [5.74, 6) is 2.01. The van der Waals surface area contributed by atoms with E-state index in [1.54, 1.807) is 13.3 Å². The number of piperidine rings is 1. The van der Waals surface area contributed by atoms with E-state index in [0.29, 0.717) is 5.69 Å². The van der Waals surface area contributed by atoms with Crippen molar-refractivity contribution in [3.05, 3.63) is 62.6 Å². The van der Waals surface area contributed by atoms with Crippen molar-refractivity contribution in [2.75, 3.05) is 20.2 Å². The lowest BCUT2D eigenvalue weighted by molar-refractivity contribution is 0.201. The number of rotatable bonds is 5. The highest BCUT2D eigenvalue weighted by molar-refractivity contribution is 7.13. The van der Waals surface area contributed by atoms with Crippen LogP contribution in [0.3, 0.4) is 0 Å². The predicted molar refractivity (Wildman–Crippen MR) is 116 cm³/mol. The average molecular weight is 411 g/mol. The first-order valence-electron chi connectivity index (χ1n) is 9.91. The summed E-state index contributed by atoms with van der Waals surface area (Å²) in [4.78, 5) is 26.6. The maximum Gasteiger partial charge on any atom is 0.251 e. The van der Waals surface area contributed by atoms with Gasteiger partial charge >= 0.3 is 0 Å². The van der Waals surface area contributed by atoms with Crippen LogP contribution >= 0.6 is 11.3 Å². The second-order valence-electron chi connectivity index (χ2n) is 7.58. The van der Waals surface area contributed by atoms with Gasteiger partial charge in [-0.15, -0.1) is 11.3 Å². The molecule has 0 bridgehead atoms. The lowest BCUT2D eigenvalue weighted by Crippen LogP contribution is -2.33. The second-order valence-corrected chi connectivity index (χ2v) is 8.48. The highest BCUT2D eigenvalue weighted by Gasteiger charge is 2.24. The fourth-order valence-electron chi connectivity index (χ4n) is 3.98. The Hall–Kier alpha value is -2.51. The lowest BCUT2D eigenvalue weighted by Gasteiger charge is -2.32. The van der Waals surface area contributed by atoms with Crippen molar-refractivity contribution in [3.63, 3.8) is 0 Å². The number of benzene rings is 1. The molecule has 152 valence electrons. The fraction of sp³-hybridized carbons (Fsp3) is 0.409. The van der Waals surface area contributed by atoms with Crippen LogP contribution in [0, 0.1) is 13.8 Å². The van der Waals surface area contributed by atoms with E-state index in [1.165, 1.54) is 34.1 Å². The summed E-state index contributed by atoms with van der Waals surface area (Å²) >= 11 is 1.50. The van der Waals surface area contributed by atoms with Gasteiger partial charge in [0.1, 0.15) is 22.3 Å². The molecule has 1 aliphatic rings. The van der Waals surface area contributed by atoms with Crippen molar-refractivity contribution in [1.82, 2.24) is 19.9 Å². The molecule has 4 rings (SSSR count). The molecular weight excluding hydrogens is 384 g/mol. The molecule has 1 saturated heterocycles. The van der Waals surface area contributed by atoms with Gasteiger partial charge in [-0.3, -0.25) is 9.69 Å². The number of aromatic nitrogens is 3. The summed E-state index contributed by atoms with van der Waals surface area (Å²) in [7, 11) is 1.72. The highest BCUT2D eigenvalue weighted by Crippen LogP contribution is 2.29. The molecule has 0 unspecified atom stereocenters. The van der Waals surface area contributed by atoms with Gasteiger partial charge in [-0.1, -0.05) is 6.07 Å². The van der Waals surface area contributed by atoms with Crippen molar-refractivity contribution in [3.8, 4) is 16.5 Å². The Morgan fingerprint density at radius 1 is 1.24 bits per heavy atom. The number of hydrogen-bond donors (Lipinski definition) is 1. The summed E-state index contributed by atoms with van der Waals surface area (Å²) in [6, 6.07) is 5.76. The molecule has 3 aromatic rings. The van der Waals surface area contributed by atoms with E-state index in [9.17, 15) is 4.79 Å².